The Bertz CT molecular complexity index is 1230. The molecular formula is C30H30N2O5. The molecule has 0 bridgehead atoms. The van der Waals surface area contributed by atoms with Gasteiger partial charge in [-0.3, -0.25) is 0 Å². The second-order valence-corrected chi connectivity index (χ2v) is 9.90. The number of benzene rings is 3. The highest BCUT2D eigenvalue weighted by Crippen LogP contribution is 2.48. The average Bonchev–Trinajstić information content (AvgIpc) is 3.58. The Kier molecular flexibility index (Phi) is 6.09. The SMILES string of the molecule is CC1(C)O[C@@H]2[C@H](O1)[C@@H](COC(c1ccccc1)(c1ccccc1)c1ccccc1)O[C@@H]2c1cnoc1N. The van der Waals surface area contributed by atoms with Crippen LogP contribution in [0.25, 0.3) is 0 Å². The standard InChI is InChI=1S/C30H30N2O5/c1-29(2)35-26-24(34-25(27(26)36-29)23-18-32-37-28(23)31)19-33-30(20-12-6-3-7-13-20,21-14-8-4-9-15-21)22-16-10-5-11-17-22/h3-18,24-27H,19,31H2,1-2H3/t24-,25-,26-,27+/m1/s1. The predicted octanol–water partition coefficient (Wildman–Crippen LogP) is 5.23. The van der Waals surface area contributed by atoms with E-state index in [-0.39, 0.29) is 24.7 Å². The van der Waals surface area contributed by atoms with Gasteiger partial charge in [-0.2, -0.15) is 0 Å². The monoisotopic (exact) mass is 498 g/mol. The zero-order chi connectivity index (χ0) is 25.5. The van der Waals surface area contributed by atoms with Crippen LogP contribution in [0.4, 0.5) is 5.88 Å². The number of fused-ring (bicyclic) bond motifs is 1. The second-order valence-electron chi connectivity index (χ2n) is 9.90. The number of aromatic nitrogens is 1. The number of anilines is 1. The van der Waals surface area contributed by atoms with E-state index in [0.717, 1.165) is 16.7 Å². The van der Waals surface area contributed by atoms with Crippen LogP contribution in [0.5, 0.6) is 0 Å². The van der Waals surface area contributed by atoms with Crippen LogP contribution < -0.4 is 5.73 Å². The van der Waals surface area contributed by atoms with Gasteiger partial charge in [-0.05, 0) is 30.5 Å². The highest BCUT2D eigenvalue weighted by molar-refractivity contribution is 5.47. The van der Waals surface area contributed by atoms with Gasteiger partial charge < -0.3 is 29.2 Å². The minimum absolute atomic E-state index is 0.214. The first-order valence-corrected chi connectivity index (χ1v) is 12.5. The van der Waals surface area contributed by atoms with Crippen LogP contribution in [0.1, 0.15) is 42.2 Å². The summed E-state index contributed by atoms with van der Waals surface area (Å²) in [5.41, 5.74) is 8.89. The van der Waals surface area contributed by atoms with Gasteiger partial charge in [0.2, 0.25) is 5.88 Å². The van der Waals surface area contributed by atoms with Gasteiger partial charge in [0, 0.05) is 0 Å². The Morgan fingerprint density at radius 3 is 1.81 bits per heavy atom. The van der Waals surface area contributed by atoms with Crippen molar-refractivity contribution in [3.8, 4) is 0 Å². The molecule has 2 fully saturated rings. The van der Waals surface area contributed by atoms with Gasteiger partial charge in [0.15, 0.2) is 5.79 Å². The zero-order valence-corrected chi connectivity index (χ0v) is 20.8. The normalized spacial score (nSPS) is 24.7. The minimum atomic E-state index is -0.869. The molecule has 7 heteroatoms. The Morgan fingerprint density at radius 2 is 1.32 bits per heavy atom. The second kappa shape index (κ2) is 9.43. The first kappa shape index (κ1) is 23.9. The molecule has 3 aromatic carbocycles. The van der Waals surface area contributed by atoms with Crippen molar-refractivity contribution in [1.82, 2.24) is 5.16 Å². The third-order valence-electron chi connectivity index (χ3n) is 7.09. The molecule has 0 radical (unpaired) electrons. The number of ether oxygens (including phenoxy) is 4. The van der Waals surface area contributed by atoms with Crippen molar-refractivity contribution in [1.29, 1.82) is 0 Å². The Hall–Kier alpha value is -3.49. The summed E-state index contributed by atoms with van der Waals surface area (Å²) in [5.74, 6) is -0.553. The Labute approximate surface area is 216 Å². The van der Waals surface area contributed by atoms with E-state index in [2.05, 4.69) is 41.6 Å². The lowest BCUT2D eigenvalue weighted by Crippen LogP contribution is -2.39. The summed E-state index contributed by atoms with van der Waals surface area (Å²) in [7, 11) is 0. The van der Waals surface area contributed by atoms with Crippen LogP contribution in [0, 0.1) is 0 Å². The fraction of sp³-hybridized carbons (Fsp3) is 0.300. The molecule has 6 rings (SSSR count). The van der Waals surface area contributed by atoms with Crippen LogP contribution >= 0.6 is 0 Å². The van der Waals surface area contributed by atoms with Gasteiger partial charge >= 0.3 is 0 Å². The molecule has 2 aliphatic rings. The molecule has 4 aromatic rings. The van der Waals surface area contributed by atoms with E-state index in [1.54, 1.807) is 6.20 Å². The lowest BCUT2D eigenvalue weighted by molar-refractivity contribution is -0.196. The van der Waals surface area contributed by atoms with Crippen molar-refractivity contribution in [2.45, 2.75) is 49.7 Å². The third-order valence-corrected chi connectivity index (χ3v) is 7.09. The lowest BCUT2D eigenvalue weighted by atomic mass is 9.80. The van der Waals surface area contributed by atoms with Gasteiger partial charge in [-0.15, -0.1) is 0 Å². The summed E-state index contributed by atoms with van der Waals surface area (Å²) in [6, 6.07) is 30.8. The first-order valence-electron chi connectivity index (χ1n) is 12.5. The first-order chi connectivity index (χ1) is 18.0. The Balaban J connectivity index is 1.40. The van der Waals surface area contributed by atoms with E-state index in [1.807, 2.05) is 68.4 Å². The van der Waals surface area contributed by atoms with Crippen LogP contribution in [-0.4, -0.2) is 35.9 Å². The van der Waals surface area contributed by atoms with Gasteiger partial charge in [-0.1, -0.05) is 96.2 Å². The van der Waals surface area contributed by atoms with Crippen molar-refractivity contribution >= 4 is 5.88 Å². The number of hydrogen-bond donors (Lipinski definition) is 1. The van der Waals surface area contributed by atoms with E-state index in [1.165, 1.54) is 0 Å². The van der Waals surface area contributed by atoms with E-state index in [9.17, 15) is 0 Å². The number of hydrogen-bond acceptors (Lipinski definition) is 7. The number of rotatable bonds is 7. The molecule has 190 valence electrons. The molecule has 37 heavy (non-hydrogen) atoms. The summed E-state index contributed by atoms with van der Waals surface area (Å²) < 4.78 is 31.2. The van der Waals surface area contributed by atoms with Gasteiger partial charge in [0.05, 0.1) is 18.4 Å². The largest absolute Gasteiger partial charge is 0.367 e. The van der Waals surface area contributed by atoms with Crippen molar-refractivity contribution < 1.29 is 23.5 Å². The molecular weight excluding hydrogens is 468 g/mol. The maximum Gasteiger partial charge on any atom is 0.228 e. The van der Waals surface area contributed by atoms with E-state index in [4.69, 9.17) is 29.2 Å². The Morgan fingerprint density at radius 1 is 0.811 bits per heavy atom. The smallest absolute Gasteiger partial charge is 0.228 e. The zero-order valence-electron chi connectivity index (χ0n) is 20.8. The predicted molar refractivity (Wildman–Crippen MR) is 138 cm³/mol. The summed E-state index contributed by atoms with van der Waals surface area (Å²) in [6.45, 7) is 4.06. The molecule has 3 heterocycles. The summed E-state index contributed by atoms with van der Waals surface area (Å²) in [6.07, 6.45) is -0.0380. The molecule has 0 unspecified atom stereocenters. The molecule has 4 atom stereocenters. The molecule has 0 saturated carbocycles. The van der Waals surface area contributed by atoms with E-state index >= 15 is 0 Å². The molecule has 2 N–H and O–H groups in total. The molecule has 2 aliphatic heterocycles. The average molecular weight is 499 g/mol. The van der Waals surface area contributed by atoms with Crippen molar-refractivity contribution in [3.05, 3.63) is 119 Å². The lowest BCUT2D eigenvalue weighted by Gasteiger charge is -2.37. The van der Waals surface area contributed by atoms with E-state index < -0.39 is 23.6 Å². The van der Waals surface area contributed by atoms with Crippen LogP contribution in [0.15, 0.2) is 102 Å². The summed E-state index contributed by atoms with van der Waals surface area (Å²) >= 11 is 0. The third kappa shape index (κ3) is 4.24. The van der Waals surface area contributed by atoms with Gasteiger partial charge in [-0.25, -0.2) is 0 Å². The molecule has 0 spiro atoms. The highest BCUT2D eigenvalue weighted by Gasteiger charge is 2.57. The summed E-state index contributed by atoms with van der Waals surface area (Å²) in [5, 5.41) is 3.84. The number of nitrogen functional groups attached to an aromatic ring is 1. The fourth-order valence-electron chi connectivity index (χ4n) is 5.51. The van der Waals surface area contributed by atoms with Crippen molar-refractivity contribution in [2.75, 3.05) is 12.3 Å². The van der Waals surface area contributed by atoms with E-state index in [0.29, 0.717) is 5.56 Å². The fourth-order valence-corrected chi connectivity index (χ4v) is 5.51. The quantitative estimate of drug-likeness (QED) is 0.349. The number of nitrogens with zero attached hydrogens (tertiary/aromatic N) is 1. The van der Waals surface area contributed by atoms with Crippen LogP contribution in [0.2, 0.25) is 0 Å². The highest BCUT2D eigenvalue weighted by atomic mass is 16.8. The maximum atomic E-state index is 7.01. The van der Waals surface area contributed by atoms with Crippen LogP contribution in [-0.2, 0) is 24.5 Å². The molecule has 0 aliphatic carbocycles. The van der Waals surface area contributed by atoms with Crippen LogP contribution in [0.3, 0.4) is 0 Å². The van der Waals surface area contributed by atoms with Crippen molar-refractivity contribution in [2.24, 2.45) is 0 Å². The van der Waals surface area contributed by atoms with Gasteiger partial charge in [0.1, 0.15) is 30.0 Å². The van der Waals surface area contributed by atoms with Gasteiger partial charge in [0.25, 0.3) is 0 Å². The maximum absolute atomic E-state index is 7.01. The number of nitrogens with two attached hydrogens (primary N) is 1. The topological polar surface area (TPSA) is 89.0 Å². The molecule has 7 nitrogen and oxygen atoms in total. The molecule has 2 saturated heterocycles. The minimum Gasteiger partial charge on any atom is -0.367 e. The summed E-state index contributed by atoms with van der Waals surface area (Å²) in [4.78, 5) is 0. The molecule has 1 aromatic heterocycles. The van der Waals surface area contributed by atoms with Crippen molar-refractivity contribution in [3.63, 3.8) is 0 Å². The molecule has 0 amide bonds.